The lowest BCUT2D eigenvalue weighted by Crippen LogP contribution is -2.50. The lowest BCUT2D eigenvalue weighted by molar-refractivity contribution is -0.134. The Balaban J connectivity index is 4.92. The summed E-state index contributed by atoms with van der Waals surface area (Å²) in [5.74, 6) is 0. The van der Waals surface area contributed by atoms with Crippen molar-refractivity contribution in [3.05, 3.63) is 0 Å². The maximum atomic E-state index is 9.16. The first-order valence-corrected chi connectivity index (χ1v) is 6.38. The Bertz CT molecular complexity index is 206. The van der Waals surface area contributed by atoms with Crippen LogP contribution in [-0.2, 0) is 4.74 Å². The highest BCUT2D eigenvalue weighted by atomic mass is 35.5. The monoisotopic (exact) mass is 322 g/mol. The molecule has 0 saturated heterocycles. The van der Waals surface area contributed by atoms with Gasteiger partial charge in [0.05, 0.1) is 50.5 Å². The molecule has 0 radical (unpaired) electrons. The lowest BCUT2D eigenvalue weighted by Gasteiger charge is -2.38. The number of hydrogen-bond donors (Lipinski definition) is 6. The van der Waals surface area contributed by atoms with Gasteiger partial charge in [-0.2, -0.15) is 0 Å². The molecule has 0 rings (SSSR count). The summed E-state index contributed by atoms with van der Waals surface area (Å²) in [4.78, 5) is 0. The van der Waals surface area contributed by atoms with Crippen LogP contribution >= 0.6 is 23.2 Å². The highest BCUT2D eigenvalue weighted by molar-refractivity contribution is 6.22. The topological polar surface area (TPSA) is 131 Å². The van der Waals surface area contributed by atoms with Crippen LogP contribution in [-0.4, -0.2) is 81.4 Å². The largest absolute Gasteiger partial charge is 0.395 e. The summed E-state index contributed by atoms with van der Waals surface area (Å²) in [6, 6.07) is 0. The molecule has 0 spiro atoms. The molecule has 0 aromatic heterocycles. The summed E-state index contributed by atoms with van der Waals surface area (Å²) in [5.41, 5.74) is -5.86. The van der Waals surface area contributed by atoms with Crippen molar-refractivity contribution < 1.29 is 35.4 Å². The van der Waals surface area contributed by atoms with Crippen LogP contribution in [0.4, 0.5) is 0 Å². The second kappa shape index (κ2) is 8.56. The third-order valence-corrected chi connectivity index (χ3v) is 4.22. The average molecular weight is 323 g/mol. The zero-order chi connectivity index (χ0) is 15.1. The molecule has 0 fully saturated rings. The van der Waals surface area contributed by atoms with Gasteiger partial charge in [-0.25, -0.2) is 0 Å². The fourth-order valence-corrected chi connectivity index (χ4v) is 1.80. The van der Waals surface area contributed by atoms with Gasteiger partial charge in [-0.1, -0.05) is 23.2 Å². The van der Waals surface area contributed by atoms with E-state index in [1.165, 1.54) is 0 Å². The fraction of sp³-hybridized carbons (Fsp3) is 1.00. The second-order valence-electron chi connectivity index (χ2n) is 4.44. The predicted molar refractivity (Wildman–Crippen MR) is 67.7 cm³/mol. The molecule has 0 bridgehead atoms. The van der Waals surface area contributed by atoms with Crippen molar-refractivity contribution in [1.29, 1.82) is 0 Å². The summed E-state index contributed by atoms with van der Waals surface area (Å²) < 4.78 is 5.10. The van der Waals surface area contributed by atoms with Crippen molar-refractivity contribution >= 4 is 23.2 Å². The van der Waals surface area contributed by atoms with Crippen molar-refractivity contribution in [3.8, 4) is 0 Å². The zero-order valence-corrected chi connectivity index (χ0v) is 11.8. The normalized spacial score (nSPS) is 16.4. The number of aliphatic hydroxyl groups is 6. The number of rotatable bonds is 10. The molecule has 116 valence electrons. The van der Waals surface area contributed by atoms with Gasteiger partial charge in [0.25, 0.3) is 0 Å². The molecule has 0 aromatic carbocycles. The summed E-state index contributed by atoms with van der Waals surface area (Å²) in [7, 11) is 0. The molecule has 6 N–H and O–H groups in total. The Morgan fingerprint density at radius 3 is 1.00 bits per heavy atom. The maximum absolute atomic E-state index is 9.16. The van der Waals surface area contributed by atoms with E-state index in [-0.39, 0.29) is 0 Å². The minimum atomic E-state index is -1.54. The summed E-state index contributed by atoms with van der Waals surface area (Å²) in [6.45, 7) is -3.99. The molecule has 0 aliphatic rings. The van der Waals surface area contributed by atoms with Crippen molar-refractivity contribution in [3.63, 3.8) is 0 Å². The quantitative estimate of drug-likeness (QED) is 0.258. The number of alkyl halides is 2. The zero-order valence-electron chi connectivity index (χ0n) is 10.2. The van der Waals surface area contributed by atoms with E-state index in [2.05, 4.69) is 0 Å². The average Bonchev–Trinajstić information content (AvgIpc) is 2.44. The van der Waals surface area contributed by atoms with Gasteiger partial charge in [0.15, 0.2) is 0 Å². The highest BCUT2D eigenvalue weighted by Crippen LogP contribution is 2.33. The van der Waals surface area contributed by atoms with Crippen LogP contribution in [0.15, 0.2) is 0 Å². The van der Waals surface area contributed by atoms with Gasteiger partial charge in [-0.3, -0.25) is 0 Å². The molecule has 7 nitrogen and oxygen atoms in total. The number of hydrogen-bond acceptors (Lipinski definition) is 7. The smallest absolute Gasteiger partial charge is 0.145 e. The van der Waals surface area contributed by atoms with Gasteiger partial charge in [-0.05, 0) is 0 Å². The van der Waals surface area contributed by atoms with E-state index in [4.69, 9.17) is 58.6 Å². The van der Waals surface area contributed by atoms with E-state index in [0.29, 0.717) is 0 Å². The van der Waals surface area contributed by atoms with Crippen LogP contribution in [0.5, 0.6) is 0 Å². The molecule has 9 heteroatoms. The lowest BCUT2D eigenvalue weighted by atomic mass is 9.90. The Morgan fingerprint density at radius 2 is 0.842 bits per heavy atom. The van der Waals surface area contributed by atoms with Crippen LogP contribution < -0.4 is 0 Å². The predicted octanol–water partition coefficient (Wildman–Crippen LogP) is -1.94. The first-order valence-electron chi connectivity index (χ1n) is 5.50. The van der Waals surface area contributed by atoms with Gasteiger partial charge < -0.3 is 35.4 Å². The first kappa shape index (κ1) is 19.3. The van der Waals surface area contributed by atoms with Crippen LogP contribution in [0.3, 0.4) is 0 Å². The summed E-state index contributed by atoms with van der Waals surface area (Å²) in [5, 5.41) is 55.0. The number of aliphatic hydroxyl groups excluding tert-OH is 6. The van der Waals surface area contributed by atoms with Crippen molar-refractivity contribution in [2.75, 3.05) is 39.6 Å². The van der Waals surface area contributed by atoms with Crippen molar-refractivity contribution in [2.45, 2.75) is 11.1 Å². The summed E-state index contributed by atoms with van der Waals surface area (Å²) in [6.07, 6.45) is 0. The molecule has 0 aliphatic carbocycles. The van der Waals surface area contributed by atoms with Gasteiger partial charge >= 0.3 is 0 Å². The molecule has 2 atom stereocenters. The third kappa shape index (κ3) is 4.13. The fourth-order valence-electron chi connectivity index (χ4n) is 1.12. The minimum absolute atomic E-state index is 0.665. The molecule has 0 heterocycles. The van der Waals surface area contributed by atoms with E-state index in [0.717, 1.165) is 0 Å². The molecule has 0 saturated carbocycles. The standard InChI is InChI=1S/C10H20Cl2O7/c11-7(9(1-13,2-14)3-15)19-8(12)10(4-16,5-17)6-18/h7-8,13-18H,1-6H2. The van der Waals surface area contributed by atoms with Gasteiger partial charge in [0.1, 0.15) is 11.1 Å². The molecule has 0 aliphatic heterocycles. The Morgan fingerprint density at radius 1 is 0.632 bits per heavy atom. The summed E-state index contributed by atoms with van der Waals surface area (Å²) >= 11 is 11.7. The van der Waals surface area contributed by atoms with Gasteiger partial charge in [0.2, 0.25) is 0 Å². The third-order valence-electron chi connectivity index (χ3n) is 3.09. The van der Waals surface area contributed by atoms with Crippen LogP contribution in [0.2, 0.25) is 0 Å². The molecule has 0 amide bonds. The number of ether oxygens (including phenoxy) is 1. The SMILES string of the molecule is OCC(CO)(CO)C(Cl)OC(Cl)C(CO)(CO)CO. The van der Waals surface area contributed by atoms with Crippen LogP contribution in [0.1, 0.15) is 0 Å². The van der Waals surface area contributed by atoms with Crippen LogP contribution in [0, 0.1) is 10.8 Å². The number of halogens is 2. The van der Waals surface area contributed by atoms with E-state index in [9.17, 15) is 0 Å². The van der Waals surface area contributed by atoms with E-state index >= 15 is 0 Å². The molecule has 0 aromatic rings. The molecule has 19 heavy (non-hydrogen) atoms. The second-order valence-corrected chi connectivity index (χ2v) is 5.23. The van der Waals surface area contributed by atoms with Crippen molar-refractivity contribution in [1.82, 2.24) is 0 Å². The van der Waals surface area contributed by atoms with E-state index in [1.54, 1.807) is 0 Å². The van der Waals surface area contributed by atoms with Gasteiger partial charge in [-0.15, -0.1) is 0 Å². The first-order chi connectivity index (χ1) is 8.91. The van der Waals surface area contributed by atoms with Crippen LogP contribution in [0.25, 0.3) is 0 Å². The van der Waals surface area contributed by atoms with E-state index in [1.807, 2.05) is 0 Å². The van der Waals surface area contributed by atoms with Gasteiger partial charge in [0, 0.05) is 0 Å². The minimum Gasteiger partial charge on any atom is -0.395 e. The van der Waals surface area contributed by atoms with Crippen molar-refractivity contribution in [2.24, 2.45) is 10.8 Å². The van der Waals surface area contributed by atoms with E-state index < -0.39 is 61.6 Å². The Labute approximate surface area is 121 Å². The Hall–Kier alpha value is 0.300. The Kier molecular flexibility index (Phi) is 8.69. The highest BCUT2D eigenvalue weighted by Gasteiger charge is 2.44. The maximum Gasteiger partial charge on any atom is 0.145 e. The molecule has 2 unspecified atom stereocenters. The molecular weight excluding hydrogens is 303 g/mol. The molecular formula is C10H20Cl2O7.